The van der Waals surface area contributed by atoms with Gasteiger partial charge in [0.25, 0.3) is 0 Å². The normalized spacial score (nSPS) is 13.0. The number of ether oxygens (including phenoxy) is 2. The fourth-order valence-electron chi connectivity index (χ4n) is 1.79. The fourth-order valence-corrected chi connectivity index (χ4v) is 3.84. The molecule has 0 fully saturated rings. The molecule has 0 bridgehead atoms. The number of hydrogen-bond donors (Lipinski definition) is 2. The average Bonchev–Trinajstić information content (AvgIpc) is 2.44. The van der Waals surface area contributed by atoms with Crippen LogP contribution in [0.15, 0.2) is 17.0 Å². The topological polar surface area (TPSA) is 90.6 Å². The molecule has 0 heterocycles. The van der Waals surface area contributed by atoms with Gasteiger partial charge in [-0.25, -0.2) is 13.1 Å². The molecule has 1 aromatic carbocycles. The van der Waals surface area contributed by atoms with Gasteiger partial charge in [0.05, 0.1) is 19.9 Å². The molecule has 0 amide bonds. The fraction of sp³-hybridized carbons (Fsp3) is 0.538. The number of nitrogens with two attached hydrogens (primary N) is 1. The first kappa shape index (κ1) is 17.9. The van der Waals surface area contributed by atoms with E-state index in [0.717, 1.165) is 12.2 Å². The Labute approximate surface area is 130 Å². The van der Waals surface area contributed by atoms with E-state index in [1.165, 1.54) is 26.4 Å². The average molecular weight is 334 g/mol. The number of rotatable bonds is 8. The van der Waals surface area contributed by atoms with Crippen molar-refractivity contribution in [2.45, 2.75) is 24.3 Å². The summed E-state index contributed by atoms with van der Waals surface area (Å²) in [5.41, 5.74) is 6.03. The molecule has 6 nitrogen and oxygen atoms in total. The summed E-state index contributed by atoms with van der Waals surface area (Å²) in [4.78, 5) is 0.0132. The zero-order valence-electron chi connectivity index (χ0n) is 12.7. The summed E-state index contributed by atoms with van der Waals surface area (Å²) < 4.78 is 37.7. The predicted molar refractivity (Wildman–Crippen MR) is 86.7 cm³/mol. The molecule has 0 spiro atoms. The third kappa shape index (κ3) is 4.69. The van der Waals surface area contributed by atoms with Crippen LogP contribution in [0.1, 0.15) is 13.3 Å². The van der Waals surface area contributed by atoms with Crippen molar-refractivity contribution >= 4 is 27.5 Å². The Morgan fingerprint density at radius 2 is 1.90 bits per heavy atom. The first-order chi connectivity index (χ1) is 9.85. The zero-order valence-corrected chi connectivity index (χ0v) is 14.3. The molecule has 21 heavy (non-hydrogen) atoms. The SMILES string of the molecule is COc1cc(OC)c(S(=O)(=O)NC(C)CCSC)cc1N. The number of thioether (sulfide) groups is 1. The second-order valence-corrected chi connectivity index (χ2v) is 7.22. The van der Waals surface area contributed by atoms with Crippen LogP contribution >= 0.6 is 11.8 Å². The van der Waals surface area contributed by atoms with Gasteiger partial charge in [-0.3, -0.25) is 0 Å². The van der Waals surface area contributed by atoms with Crippen LogP contribution in [-0.4, -0.2) is 40.7 Å². The van der Waals surface area contributed by atoms with E-state index in [1.54, 1.807) is 11.8 Å². The van der Waals surface area contributed by atoms with Gasteiger partial charge in [0.1, 0.15) is 16.4 Å². The highest BCUT2D eigenvalue weighted by atomic mass is 32.2. The quantitative estimate of drug-likeness (QED) is 0.703. The summed E-state index contributed by atoms with van der Waals surface area (Å²) in [6.45, 7) is 1.83. The summed E-state index contributed by atoms with van der Waals surface area (Å²) in [5.74, 6) is 1.46. The largest absolute Gasteiger partial charge is 0.495 e. The molecule has 0 saturated carbocycles. The summed E-state index contributed by atoms with van der Waals surface area (Å²) >= 11 is 1.67. The highest BCUT2D eigenvalue weighted by Crippen LogP contribution is 2.33. The number of methoxy groups -OCH3 is 2. The lowest BCUT2D eigenvalue weighted by Gasteiger charge is -2.17. The number of hydrogen-bond acceptors (Lipinski definition) is 6. The van der Waals surface area contributed by atoms with Gasteiger partial charge in [-0.1, -0.05) is 0 Å². The lowest BCUT2D eigenvalue weighted by atomic mass is 10.3. The maximum absolute atomic E-state index is 12.4. The van der Waals surface area contributed by atoms with Crippen molar-refractivity contribution in [3.63, 3.8) is 0 Å². The Kier molecular flexibility index (Phi) is 6.63. The maximum atomic E-state index is 12.4. The van der Waals surface area contributed by atoms with Crippen LogP contribution in [-0.2, 0) is 10.0 Å². The van der Waals surface area contributed by atoms with Crippen molar-refractivity contribution < 1.29 is 17.9 Å². The standard InChI is InChI=1S/C13H22N2O4S2/c1-9(5-6-20-4)15-21(16,17)13-7-10(14)11(18-2)8-12(13)19-3/h7-9,15H,5-6,14H2,1-4H3. The molecule has 1 atom stereocenters. The summed E-state index contributed by atoms with van der Waals surface area (Å²) in [5, 5.41) is 0. The molecular weight excluding hydrogens is 312 g/mol. The Bertz CT molecular complexity index is 576. The van der Waals surface area contributed by atoms with E-state index < -0.39 is 10.0 Å². The molecule has 1 unspecified atom stereocenters. The van der Waals surface area contributed by atoms with Crippen LogP contribution in [0.3, 0.4) is 0 Å². The van der Waals surface area contributed by atoms with Crippen LogP contribution in [0.2, 0.25) is 0 Å². The molecule has 1 rings (SSSR count). The van der Waals surface area contributed by atoms with E-state index in [-0.39, 0.29) is 22.4 Å². The van der Waals surface area contributed by atoms with E-state index in [1.807, 2.05) is 13.2 Å². The lowest BCUT2D eigenvalue weighted by Crippen LogP contribution is -2.33. The minimum Gasteiger partial charge on any atom is -0.495 e. The number of nitrogens with one attached hydrogen (secondary N) is 1. The molecule has 120 valence electrons. The lowest BCUT2D eigenvalue weighted by molar-refractivity contribution is 0.387. The van der Waals surface area contributed by atoms with Gasteiger partial charge in [0.15, 0.2) is 0 Å². The number of benzene rings is 1. The highest BCUT2D eigenvalue weighted by Gasteiger charge is 2.23. The Morgan fingerprint density at radius 1 is 1.29 bits per heavy atom. The van der Waals surface area contributed by atoms with Crippen molar-refractivity contribution in [1.82, 2.24) is 4.72 Å². The second kappa shape index (κ2) is 7.77. The first-order valence-electron chi connectivity index (χ1n) is 6.38. The summed E-state index contributed by atoms with van der Waals surface area (Å²) in [7, 11) is -0.836. The van der Waals surface area contributed by atoms with E-state index in [4.69, 9.17) is 15.2 Å². The molecule has 0 radical (unpaired) electrons. The van der Waals surface area contributed by atoms with E-state index in [9.17, 15) is 8.42 Å². The van der Waals surface area contributed by atoms with Gasteiger partial charge < -0.3 is 15.2 Å². The van der Waals surface area contributed by atoms with E-state index in [0.29, 0.717) is 5.75 Å². The van der Waals surface area contributed by atoms with Gasteiger partial charge in [-0.05, 0) is 31.4 Å². The van der Waals surface area contributed by atoms with Gasteiger partial charge in [0.2, 0.25) is 10.0 Å². The van der Waals surface area contributed by atoms with Crippen LogP contribution in [0.5, 0.6) is 11.5 Å². The highest BCUT2D eigenvalue weighted by molar-refractivity contribution is 7.98. The Hall–Kier alpha value is -1.12. The van der Waals surface area contributed by atoms with Gasteiger partial charge in [-0.15, -0.1) is 0 Å². The molecule has 0 aliphatic heterocycles. The van der Waals surface area contributed by atoms with Gasteiger partial charge in [-0.2, -0.15) is 11.8 Å². The van der Waals surface area contributed by atoms with Crippen molar-refractivity contribution in [2.24, 2.45) is 0 Å². The zero-order chi connectivity index (χ0) is 16.0. The second-order valence-electron chi connectivity index (χ2n) is 4.55. The minimum atomic E-state index is -3.70. The van der Waals surface area contributed by atoms with E-state index >= 15 is 0 Å². The summed E-state index contributed by atoms with van der Waals surface area (Å²) in [6, 6.07) is 2.65. The van der Waals surface area contributed by atoms with Crippen LogP contribution in [0, 0.1) is 0 Å². The molecule has 0 aliphatic rings. The molecular formula is C13H22N2O4S2. The number of sulfonamides is 1. The molecule has 0 aliphatic carbocycles. The van der Waals surface area contributed by atoms with Crippen LogP contribution in [0.4, 0.5) is 5.69 Å². The monoisotopic (exact) mass is 334 g/mol. The summed E-state index contributed by atoms with van der Waals surface area (Å²) in [6.07, 6.45) is 2.72. The van der Waals surface area contributed by atoms with Gasteiger partial charge >= 0.3 is 0 Å². The van der Waals surface area contributed by atoms with Gasteiger partial charge in [0, 0.05) is 12.1 Å². The third-order valence-electron chi connectivity index (χ3n) is 2.92. The smallest absolute Gasteiger partial charge is 0.244 e. The number of anilines is 1. The van der Waals surface area contributed by atoms with Crippen molar-refractivity contribution in [3.8, 4) is 11.5 Å². The van der Waals surface area contributed by atoms with Crippen molar-refractivity contribution in [3.05, 3.63) is 12.1 Å². The van der Waals surface area contributed by atoms with Crippen LogP contribution < -0.4 is 19.9 Å². The van der Waals surface area contributed by atoms with Crippen molar-refractivity contribution in [1.29, 1.82) is 0 Å². The Morgan fingerprint density at radius 3 is 2.43 bits per heavy atom. The molecule has 3 N–H and O–H groups in total. The van der Waals surface area contributed by atoms with Crippen LogP contribution in [0.25, 0.3) is 0 Å². The molecule has 8 heteroatoms. The van der Waals surface area contributed by atoms with E-state index in [2.05, 4.69) is 4.72 Å². The van der Waals surface area contributed by atoms with Crippen molar-refractivity contribution in [2.75, 3.05) is 32.0 Å². The number of nitrogen functional groups attached to an aromatic ring is 1. The molecule has 0 saturated heterocycles. The molecule has 0 aromatic heterocycles. The maximum Gasteiger partial charge on any atom is 0.244 e. The first-order valence-corrected chi connectivity index (χ1v) is 9.26. The minimum absolute atomic E-state index is 0.0132. The predicted octanol–water partition coefficient (Wildman–Crippen LogP) is 1.71. The Balaban J connectivity index is 3.10. The molecule has 1 aromatic rings. The third-order valence-corrected chi connectivity index (χ3v) is 5.17.